The lowest BCUT2D eigenvalue weighted by Crippen LogP contribution is -2.25. The third kappa shape index (κ3) is 3.15. The van der Waals surface area contributed by atoms with Gasteiger partial charge in [-0.05, 0) is 55.7 Å². The van der Waals surface area contributed by atoms with Crippen LogP contribution in [-0.4, -0.2) is 28.2 Å². The molecule has 2 aliphatic rings. The number of aromatic nitrogens is 1. The Hall–Kier alpha value is -2.14. The van der Waals surface area contributed by atoms with Crippen molar-refractivity contribution in [3.8, 4) is 5.75 Å². The molecule has 2 atom stereocenters. The van der Waals surface area contributed by atoms with Crippen LogP contribution in [0.1, 0.15) is 32.1 Å². The minimum Gasteiger partial charge on any atom is -0.488 e. The summed E-state index contributed by atoms with van der Waals surface area (Å²) in [4.78, 5) is 16.1. The van der Waals surface area contributed by atoms with Crippen molar-refractivity contribution in [3.63, 3.8) is 0 Å². The van der Waals surface area contributed by atoms with Gasteiger partial charge in [-0.25, -0.2) is 4.98 Å². The molecule has 1 aromatic heterocycles. The molecular formula is C18H20N2O3. The highest BCUT2D eigenvalue weighted by Crippen LogP contribution is 2.31. The number of nitrogens with one attached hydrogen (secondary N) is 1. The first-order valence-electron chi connectivity index (χ1n) is 8.24. The van der Waals surface area contributed by atoms with Gasteiger partial charge in [-0.15, -0.1) is 0 Å². The Morgan fingerprint density at radius 1 is 1.17 bits per heavy atom. The van der Waals surface area contributed by atoms with E-state index in [1.807, 2.05) is 24.3 Å². The van der Waals surface area contributed by atoms with Crippen LogP contribution in [0.15, 0.2) is 30.5 Å². The van der Waals surface area contributed by atoms with Gasteiger partial charge >= 0.3 is 0 Å². The Bertz CT molecular complexity index is 742. The SMILES string of the molecule is O=C(Nc1cc2ccc(O[C@@H]3CCC[C@@H]3O)cc2cn1)C1CC1. The van der Waals surface area contributed by atoms with Crippen molar-refractivity contribution in [3.05, 3.63) is 30.5 Å². The van der Waals surface area contributed by atoms with Gasteiger partial charge in [-0.3, -0.25) is 4.79 Å². The summed E-state index contributed by atoms with van der Waals surface area (Å²) in [7, 11) is 0. The highest BCUT2D eigenvalue weighted by Gasteiger charge is 2.30. The second-order valence-electron chi connectivity index (χ2n) is 6.50. The summed E-state index contributed by atoms with van der Waals surface area (Å²) in [6.07, 6.45) is 5.93. The summed E-state index contributed by atoms with van der Waals surface area (Å²) in [5, 5.41) is 14.7. The Morgan fingerprint density at radius 2 is 2.04 bits per heavy atom. The molecule has 1 aromatic carbocycles. The first-order chi connectivity index (χ1) is 11.2. The third-order valence-electron chi connectivity index (χ3n) is 4.60. The van der Waals surface area contributed by atoms with Crippen LogP contribution < -0.4 is 10.1 Å². The van der Waals surface area contributed by atoms with E-state index in [-0.39, 0.29) is 24.0 Å². The molecular weight excluding hydrogens is 292 g/mol. The van der Waals surface area contributed by atoms with Gasteiger partial charge < -0.3 is 15.2 Å². The fraction of sp³-hybridized carbons (Fsp3) is 0.444. The molecule has 23 heavy (non-hydrogen) atoms. The van der Waals surface area contributed by atoms with E-state index in [9.17, 15) is 9.90 Å². The van der Waals surface area contributed by atoms with Gasteiger partial charge in [-0.1, -0.05) is 6.07 Å². The van der Waals surface area contributed by atoms with Crippen molar-refractivity contribution < 1.29 is 14.6 Å². The first-order valence-corrected chi connectivity index (χ1v) is 8.24. The number of pyridine rings is 1. The second-order valence-corrected chi connectivity index (χ2v) is 6.50. The fourth-order valence-corrected chi connectivity index (χ4v) is 3.05. The summed E-state index contributed by atoms with van der Waals surface area (Å²) in [5.41, 5.74) is 0. The molecule has 0 bridgehead atoms. The van der Waals surface area contributed by atoms with E-state index in [1.165, 1.54) is 0 Å². The maximum Gasteiger partial charge on any atom is 0.228 e. The molecule has 1 amide bonds. The topological polar surface area (TPSA) is 71.5 Å². The molecule has 120 valence electrons. The molecule has 0 spiro atoms. The average molecular weight is 312 g/mol. The molecule has 2 aromatic rings. The van der Waals surface area contributed by atoms with Crippen molar-refractivity contribution >= 4 is 22.5 Å². The minimum atomic E-state index is -0.371. The molecule has 0 aliphatic heterocycles. The summed E-state index contributed by atoms with van der Waals surface area (Å²) >= 11 is 0. The number of ether oxygens (including phenoxy) is 1. The predicted molar refractivity (Wildman–Crippen MR) is 87.4 cm³/mol. The molecule has 2 N–H and O–H groups in total. The van der Waals surface area contributed by atoms with Crippen molar-refractivity contribution in [1.29, 1.82) is 0 Å². The Morgan fingerprint density at radius 3 is 2.78 bits per heavy atom. The summed E-state index contributed by atoms with van der Waals surface area (Å²) < 4.78 is 5.88. The van der Waals surface area contributed by atoms with E-state index in [0.717, 1.165) is 48.6 Å². The van der Waals surface area contributed by atoms with E-state index >= 15 is 0 Å². The third-order valence-corrected chi connectivity index (χ3v) is 4.60. The summed E-state index contributed by atoms with van der Waals surface area (Å²) in [6, 6.07) is 7.67. The van der Waals surface area contributed by atoms with Crippen molar-refractivity contribution in [1.82, 2.24) is 4.98 Å². The summed E-state index contributed by atoms with van der Waals surface area (Å²) in [6.45, 7) is 0. The molecule has 0 unspecified atom stereocenters. The average Bonchev–Trinajstić information content (AvgIpc) is 3.32. The lowest BCUT2D eigenvalue weighted by Gasteiger charge is -2.17. The largest absolute Gasteiger partial charge is 0.488 e. The van der Waals surface area contributed by atoms with Crippen LogP contribution in [0.4, 0.5) is 5.82 Å². The molecule has 5 nitrogen and oxygen atoms in total. The zero-order valence-electron chi connectivity index (χ0n) is 12.9. The number of anilines is 1. The van der Waals surface area contributed by atoms with E-state index in [1.54, 1.807) is 6.20 Å². The van der Waals surface area contributed by atoms with Crippen LogP contribution in [-0.2, 0) is 4.79 Å². The fourth-order valence-electron chi connectivity index (χ4n) is 3.05. The number of benzene rings is 1. The number of aliphatic hydroxyl groups excluding tert-OH is 1. The molecule has 2 fully saturated rings. The van der Waals surface area contributed by atoms with E-state index in [2.05, 4.69) is 10.3 Å². The first kappa shape index (κ1) is 14.5. The van der Waals surface area contributed by atoms with Crippen molar-refractivity contribution in [2.45, 2.75) is 44.3 Å². The zero-order chi connectivity index (χ0) is 15.8. The highest BCUT2D eigenvalue weighted by atomic mass is 16.5. The van der Waals surface area contributed by atoms with Gasteiger partial charge in [-0.2, -0.15) is 0 Å². The van der Waals surface area contributed by atoms with Crippen LogP contribution >= 0.6 is 0 Å². The molecule has 4 rings (SSSR count). The zero-order valence-corrected chi connectivity index (χ0v) is 12.9. The molecule has 0 saturated heterocycles. The van der Waals surface area contributed by atoms with Crippen LogP contribution in [0.5, 0.6) is 5.75 Å². The Balaban J connectivity index is 1.51. The van der Waals surface area contributed by atoms with Crippen LogP contribution in [0, 0.1) is 5.92 Å². The number of carbonyl (C=O) groups is 1. The molecule has 2 saturated carbocycles. The molecule has 1 heterocycles. The van der Waals surface area contributed by atoms with E-state index < -0.39 is 0 Å². The lowest BCUT2D eigenvalue weighted by molar-refractivity contribution is -0.117. The monoisotopic (exact) mass is 312 g/mol. The predicted octanol–water partition coefficient (Wildman–Crippen LogP) is 2.88. The molecule has 2 aliphatic carbocycles. The molecule has 5 heteroatoms. The number of aliphatic hydroxyl groups is 1. The smallest absolute Gasteiger partial charge is 0.228 e. The van der Waals surface area contributed by atoms with Gasteiger partial charge in [0.25, 0.3) is 0 Å². The van der Waals surface area contributed by atoms with Crippen LogP contribution in [0.2, 0.25) is 0 Å². The number of fused-ring (bicyclic) bond motifs is 1. The number of nitrogens with zero attached hydrogens (tertiary/aromatic N) is 1. The maximum absolute atomic E-state index is 11.8. The van der Waals surface area contributed by atoms with Crippen LogP contribution in [0.25, 0.3) is 10.8 Å². The minimum absolute atomic E-state index is 0.0621. The van der Waals surface area contributed by atoms with Gasteiger partial charge in [0, 0.05) is 17.5 Å². The lowest BCUT2D eigenvalue weighted by atomic mass is 10.1. The van der Waals surface area contributed by atoms with Gasteiger partial charge in [0.1, 0.15) is 17.7 Å². The quantitative estimate of drug-likeness (QED) is 0.910. The standard InChI is InChI=1S/C18H20N2O3/c21-15-2-1-3-16(15)23-14-7-6-12-9-17(19-10-13(12)8-14)20-18(22)11-4-5-11/h6-11,15-16,21H,1-5H2,(H,19,20,22)/t15-,16+/m0/s1. The Kier molecular flexibility index (Phi) is 3.65. The highest BCUT2D eigenvalue weighted by molar-refractivity contribution is 5.95. The maximum atomic E-state index is 11.8. The number of hydrogen-bond acceptors (Lipinski definition) is 4. The number of amides is 1. The normalized spacial score (nSPS) is 23.9. The van der Waals surface area contributed by atoms with Crippen LogP contribution in [0.3, 0.4) is 0 Å². The van der Waals surface area contributed by atoms with Gasteiger partial charge in [0.2, 0.25) is 5.91 Å². The van der Waals surface area contributed by atoms with E-state index in [0.29, 0.717) is 5.82 Å². The molecule has 0 radical (unpaired) electrons. The van der Waals surface area contributed by atoms with Crippen molar-refractivity contribution in [2.75, 3.05) is 5.32 Å². The summed E-state index contributed by atoms with van der Waals surface area (Å²) in [5.74, 6) is 1.57. The number of rotatable bonds is 4. The van der Waals surface area contributed by atoms with Gasteiger partial charge in [0.15, 0.2) is 0 Å². The van der Waals surface area contributed by atoms with E-state index in [4.69, 9.17) is 4.74 Å². The van der Waals surface area contributed by atoms with Crippen molar-refractivity contribution in [2.24, 2.45) is 5.92 Å². The number of carbonyl (C=O) groups excluding carboxylic acids is 1. The Labute approximate surface area is 134 Å². The number of hydrogen-bond donors (Lipinski definition) is 2. The second kappa shape index (κ2) is 5.81. The van der Waals surface area contributed by atoms with Gasteiger partial charge in [0.05, 0.1) is 6.10 Å².